The molecule has 1 aliphatic rings. The van der Waals surface area contributed by atoms with E-state index in [1.807, 2.05) is 0 Å². The van der Waals surface area contributed by atoms with E-state index in [2.05, 4.69) is 19.3 Å². The van der Waals surface area contributed by atoms with E-state index in [-0.39, 0.29) is 0 Å². The summed E-state index contributed by atoms with van der Waals surface area (Å²) in [7, 11) is 3.91. The van der Waals surface area contributed by atoms with Crippen LogP contribution in [0.1, 0.15) is 51.9 Å². The van der Waals surface area contributed by atoms with Crippen molar-refractivity contribution in [1.82, 2.24) is 5.32 Å². The Hall–Kier alpha value is -0.0800. The van der Waals surface area contributed by atoms with E-state index in [0.717, 1.165) is 5.92 Å². The molecule has 15 heavy (non-hydrogen) atoms. The summed E-state index contributed by atoms with van der Waals surface area (Å²) in [6, 6.07) is 0.711. The van der Waals surface area contributed by atoms with Crippen molar-refractivity contribution in [3.63, 3.8) is 0 Å². The first kappa shape index (κ1) is 13.0. The standard InChI is InChI=1S/C13H27NO/c1-11(15-3)9-10-13(14-2)12-7-5-4-6-8-12/h11-14H,4-10H2,1-3H3. The van der Waals surface area contributed by atoms with Crippen molar-refractivity contribution in [3.05, 3.63) is 0 Å². The Bertz CT molecular complexity index is 155. The van der Waals surface area contributed by atoms with Crippen molar-refractivity contribution in [3.8, 4) is 0 Å². The first-order valence-corrected chi connectivity index (χ1v) is 6.48. The van der Waals surface area contributed by atoms with Crippen molar-refractivity contribution in [2.24, 2.45) is 5.92 Å². The lowest BCUT2D eigenvalue weighted by atomic mass is 9.82. The second kappa shape index (κ2) is 7.24. The van der Waals surface area contributed by atoms with Crippen molar-refractivity contribution in [1.29, 1.82) is 0 Å². The Morgan fingerprint density at radius 1 is 1.20 bits per heavy atom. The maximum atomic E-state index is 5.30. The maximum Gasteiger partial charge on any atom is 0.0543 e. The van der Waals surface area contributed by atoms with Crippen molar-refractivity contribution >= 4 is 0 Å². The molecule has 0 radical (unpaired) electrons. The average molecular weight is 213 g/mol. The molecule has 1 fully saturated rings. The fourth-order valence-corrected chi connectivity index (χ4v) is 2.68. The smallest absolute Gasteiger partial charge is 0.0543 e. The zero-order valence-corrected chi connectivity index (χ0v) is 10.6. The molecule has 0 aromatic carbocycles. The first-order valence-electron chi connectivity index (χ1n) is 6.48. The van der Waals surface area contributed by atoms with Gasteiger partial charge in [0.2, 0.25) is 0 Å². The molecule has 2 unspecified atom stereocenters. The third-order valence-electron chi connectivity index (χ3n) is 3.88. The maximum absolute atomic E-state index is 5.30. The van der Waals surface area contributed by atoms with Gasteiger partial charge in [0.25, 0.3) is 0 Å². The van der Waals surface area contributed by atoms with E-state index in [0.29, 0.717) is 12.1 Å². The predicted octanol–water partition coefficient (Wildman–Crippen LogP) is 2.97. The lowest BCUT2D eigenvalue weighted by Gasteiger charge is -2.30. The Labute approximate surface area is 94.8 Å². The molecule has 1 rings (SSSR count). The van der Waals surface area contributed by atoms with Crippen LogP contribution >= 0.6 is 0 Å². The van der Waals surface area contributed by atoms with Gasteiger partial charge in [-0.2, -0.15) is 0 Å². The van der Waals surface area contributed by atoms with Crippen molar-refractivity contribution in [2.45, 2.75) is 64.0 Å². The van der Waals surface area contributed by atoms with Gasteiger partial charge >= 0.3 is 0 Å². The van der Waals surface area contributed by atoms with Crippen LogP contribution in [0.4, 0.5) is 0 Å². The molecule has 0 bridgehead atoms. The van der Waals surface area contributed by atoms with Gasteiger partial charge in [0.05, 0.1) is 6.10 Å². The number of hydrogen-bond donors (Lipinski definition) is 1. The number of methoxy groups -OCH3 is 1. The Morgan fingerprint density at radius 2 is 1.87 bits per heavy atom. The van der Waals surface area contributed by atoms with Gasteiger partial charge < -0.3 is 10.1 Å². The summed E-state index contributed by atoms with van der Waals surface area (Å²) in [5.74, 6) is 0.910. The summed E-state index contributed by atoms with van der Waals surface area (Å²) in [4.78, 5) is 0. The van der Waals surface area contributed by atoms with E-state index >= 15 is 0 Å². The third kappa shape index (κ3) is 4.52. The molecule has 0 aliphatic heterocycles. The van der Waals surface area contributed by atoms with Gasteiger partial charge in [-0.1, -0.05) is 19.3 Å². The van der Waals surface area contributed by atoms with Gasteiger partial charge in [-0.3, -0.25) is 0 Å². The topological polar surface area (TPSA) is 21.3 Å². The van der Waals surface area contributed by atoms with Crippen LogP contribution in [-0.2, 0) is 4.74 Å². The minimum Gasteiger partial charge on any atom is -0.382 e. The Kier molecular flexibility index (Phi) is 6.26. The van der Waals surface area contributed by atoms with Gasteiger partial charge in [-0.15, -0.1) is 0 Å². The van der Waals surface area contributed by atoms with Crippen LogP contribution < -0.4 is 5.32 Å². The van der Waals surface area contributed by atoms with Crippen LogP contribution in [0.5, 0.6) is 0 Å². The highest BCUT2D eigenvalue weighted by molar-refractivity contribution is 4.78. The highest BCUT2D eigenvalue weighted by Crippen LogP contribution is 2.28. The van der Waals surface area contributed by atoms with Crippen molar-refractivity contribution in [2.75, 3.05) is 14.2 Å². The molecule has 0 heterocycles. The van der Waals surface area contributed by atoms with E-state index in [1.165, 1.54) is 44.9 Å². The van der Waals surface area contributed by atoms with Crippen molar-refractivity contribution < 1.29 is 4.74 Å². The summed E-state index contributed by atoms with van der Waals surface area (Å²) in [5, 5.41) is 3.50. The monoisotopic (exact) mass is 213 g/mol. The van der Waals surface area contributed by atoms with Crippen LogP contribution in [-0.4, -0.2) is 26.3 Å². The molecule has 0 amide bonds. The summed E-state index contributed by atoms with van der Waals surface area (Å²) in [6.07, 6.45) is 10.0. The number of rotatable bonds is 6. The Morgan fingerprint density at radius 3 is 2.40 bits per heavy atom. The normalized spacial score (nSPS) is 22.6. The molecule has 2 nitrogen and oxygen atoms in total. The molecule has 0 aromatic heterocycles. The van der Waals surface area contributed by atoms with Crippen LogP contribution in [0.15, 0.2) is 0 Å². The molecule has 0 aromatic rings. The van der Waals surface area contributed by atoms with Crippen LogP contribution in [0, 0.1) is 5.92 Å². The van der Waals surface area contributed by atoms with E-state index in [9.17, 15) is 0 Å². The number of hydrogen-bond acceptors (Lipinski definition) is 2. The second-order valence-electron chi connectivity index (χ2n) is 4.92. The SMILES string of the molecule is CNC(CCC(C)OC)C1CCCCC1. The van der Waals surface area contributed by atoms with Gasteiger partial charge in [-0.25, -0.2) is 0 Å². The van der Waals surface area contributed by atoms with Gasteiger partial charge in [0.1, 0.15) is 0 Å². The van der Waals surface area contributed by atoms with E-state index < -0.39 is 0 Å². The zero-order valence-electron chi connectivity index (χ0n) is 10.6. The summed E-state index contributed by atoms with van der Waals surface area (Å²) < 4.78 is 5.30. The van der Waals surface area contributed by atoms with Gasteiger partial charge in [0, 0.05) is 13.2 Å². The summed E-state index contributed by atoms with van der Waals surface area (Å²) in [6.45, 7) is 2.16. The zero-order chi connectivity index (χ0) is 11.1. The van der Waals surface area contributed by atoms with Gasteiger partial charge in [0.15, 0.2) is 0 Å². The summed E-state index contributed by atoms with van der Waals surface area (Å²) >= 11 is 0. The average Bonchev–Trinajstić information content (AvgIpc) is 2.31. The molecule has 2 atom stereocenters. The fraction of sp³-hybridized carbons (Fsp3) is 1.00. The molecular weight excluding hydrogens is 186 g/mol. The van der Waals surface area contributed by atoms with E-state index in [1.54, 1.807) is 7.11 Å². The third-order valence-corrected chi connectivity index (χ3v) is 3.88. The minimum atomic E-state index is 0.407. The predicted molar refractivity (Wildman–Crippen MR) is 65.1 cm³/mol. The minimum absolute atomic E-state index is 0.407. The van der Waals surface area contributed by atoms with E-state index in [4.69, 9.17) is 4.74 Å². The summed E-state index contributed by atoms with van der Waals surface area (Å²) in [5.41, 5.74) is 0. The first-order chi connectivity index (χ1) is 7.27. The van der Waals surface area contributed by atoms with Crippen LogP contribution in [0.3, 0.4) is 0 Å². The lowest BCUT2D eigenvalue weighted by molar-refractivity contribution is 0.102. The molecule has 0 spiro atoms. The lowest BCUT2D eigenvalue weighted by Crippen LogP contribution is -2.35. The number of nitrogens with one attached hydrogen (secondary N) is 1. The molecule has 90 valence electrons. The molecule has 0 saturated heterocycles. The molecule has 2 heteroatoms. The van der Waals surface area contributed by atoms with Crippen LogP contribution in [0.2, 0.25) is 0 Å². The highest BCUT2D eigenvalue weighted by atomic mass is 16.5. The molecule has 1 saturated carbocycles. The quantitative estimate of drug-likeness (QED) is 0.732. The van der Waals surface area contributed by atoms with Gasteiger partial charge in [-0.05, 0) is 45.6 Å². The largest absolute Gasteiger partial charge is 0.382 e. The number of ether oxygens (including phenoxy) is 1. The molecule has 1 aliphatic carbocycles. The fourth-order valence-electron chi connectivity index (χ4n) is 2.68. The second-order valence-corrected chi connectivity index (χ2v) is 4.92. The Balaban J connectivity index is 2.27. The molecule has 1 N–H and O–H groups in total. The molecular formula is C13H27NO. The highest BCUT2D eigenvalue weighted by Gasteiger charge is 2.22. The van der Waals surface area contributed by atoms with Crippen LogP contribution in [0.25, 0.3) is 0 Å².